The van der Waals surface area contributed by atoms with Crippen molar-refractivity contribution >= 4 is 0 Å². The lowest BCUT2D eigenvalue weighted by Crippen LogP contribution is -2.26. The van der Waals surface area contributed by atoms with Gasteiger partial charge < -0.3 is 9.64 Å². The molecule has 94 valence electrons. The highest BCUT2D eigenvalue weighted by Gasteiger charge is 2.07. The van der Waals surface area contributed by atoms with Crippen molar-refractivity contribution in [1.82, 2.24) is 4.90 Å². The minimum absolute atomic E-state index is 0.834. The molecule has 2 heteroatoms. The van der Waals surface area contributed by atoms with Crippen LogP contribution >= 0.6 is 0 Å². The number of hydrogen-bond acceptors (Lipinski definition) is 2. The van der Waals surface area contributed by atoms with Crippen LogP contribution < -0.4 is 4.74 Å². The van der Waals surface area contributed by atoms with E-state index in [9.17, 15) is 0 Å². The first-order valence-electron chi connectivity index (χ1n) is 6.85. The molecule has 1 aliphatic heterocycles. The SMILES string of the molecule is c1ccc(OCCCN2CCCCCC2)cc1. The molecule has 1 aromatic carbocycles. The van der Waals surface area contributed by atoms with Gasteiger partial charge in [-0.15, -0.1) is 0 Å². The summed E-state index contributed by atoms with van der Waals surface area (Å²) in [5.74, 6) is 0.989. The van der Waals surface area contributed by atoms with E-state index in [-0.39, 0.29) is 0 Å². The van der Waals surface area contributed by atoms with Gasteiger partial charge in [0.05, 0.1) is 6.61 Å². The Kier molecular flexibility index (Phi) is 5.37. The zero-order valence-corrected chi connectivity index (χ0v) is 10.6. The van der Waals surface area contributed by atoms with Crippen molar-refractivity contribution in [3.05, 3.63) is 30.3 Å². The Labute approximate surface area is 105 Å². The van der Waals surface area contributed by atoms with E-state index in [1.807, 2.05) is 30.3 Å². The third-order valence-electron chi connectivity index (χ3n) is 3.33. The van der Waals surface area contributed by atoms with Gasteiger partial charge in [-0.2, -0.15) is 0 Å². The van der Waals surface area contributed by atoms with Crippen LogP contribution in [-0.2, 0) is 0 Å². The molecule has 1 aliphatic rings. The van der Waals surface area contributed by atoms with Gasteiger partial charge in [-0.25, -0.2) is 0 Å². The lowest BCUT2D eigenvalue weighted by molar-refractivity contribution is 0.240. The molecule has 1 aromatic rings. The molecule has 1 fully saturated rings. The first-order valence-corrected chi connectivity index (χ1v) is 6.85. The predicted molar refractivity (Wildman–Crippen MR) is 71.5 cm³/mol. The molecule has 0 bridgehead atoms. The average Bonchev–Trinajstić information content (AvgIpc) is 2.65. The second-order valence-electron chi connectivity index (χ2n) is 4.77. The quantitative estimate of drug-likeness (QED) is 0.723. The van der Waals surface area contributed by atoms with Gasteiger partial charge in [-0.05, 0) is 44.5 Å². The Hall–Kier alpha value is -1.02. The molecule has 0 spiro atoms. The van der Waals surface area contributed by atoms with Crippen LogP contribution in [0.15, 0.2) is 30.3 Å². The number of nitrogens with zero attached hydrogens (tertiary/aromatic N) is 1. The lowest BCUT2D eigenvalue weighted by atomic mass is 10.2. The van der Waals surface area contributed by atoms with Crippen molar-refractivity contribution < 1.29 is 4.74 Å². The largest absolute Gasteiger partial charge is 0.494 e. The number of benzene rings is 1. The molecule has 0 radical (unpaired) electrons. The molecule has 1 saturated heterocycles. The molecule has 0 unspecified atom stereocenters. The minimum atomic E-state index is 0.834. The van der Waals surface area contributed by atoms with Crippen molar-refractivity contribution in [2.75, 3.05) is 26.2 Å². The summed E-state index contributed by atoms with van der Waals surface area (Å²) in [5.41, 5.74) is 0. The fraction of sp³-hybridized carbons (Fsp3) is 0.600. The number of ether oxygens (including phenoxy) is 1. The summed E-state index contributed by atoms with van der Waals surface area (Å²) in [6.07, 6.45) is 6.71. The summed E-state index contributed by atoms with van der Waals surface area (Å²) in [5, 5.41) is 0. The molecule has 0 saturated carbocycles. The van der Waals surface area contributed by atoms with E-state index >= 15 is 0 Å². The fourth-order valence-corrected chi connectivity index (χ4v) is 2.35. The smallest absolute Gasteiger partial charge is 0.119 e. The normalized spacial score (nSPS) is 17.6. The first kappa shape index (κ1) is 12.4. The van der Waals surface area contributed by atoms with E-state index in [2.05, 4.69) is 4.90 Å². The number of hydrogen-bond donors (Lipinski definition) is 0. The zero-order chi connectivity index (χ0) is 11.8. The maximum absolute atomic E-state index is 5.70. The van der Waals surface area contributed by atoms with Crippen LogP contribution in [0.4, 0.5) is 0 Å². The van der Waals surface area contributed by atoms with Crippen LogP contribution in [0.1, 0.15) is 32.1 Å². The van der Waals surface area contributed by atoms with Gasteiger partial charge in [-0.3, -0.25) is 0 Å². The van der Waals surface area contributed by atoms with Crippen LogP contribution in [0.5, 0.6) is 5.75 Å². The van der Waals surface area contributed by atoms with Crippen molar-refractivity contribution in [2.24, 2.45) is 0 Å². The third-order valence-corrected chi connectivity index (χ3v) is 3.33. The number of para-hydroxylation sites is 1. The molecule has 0 atom stereocenters. The maximum Gasteiger partial charge on any atom is 0.119 e. The Morgan fingerprint density at radius 3 is 2.35 bits per heavy atom. The van der Waals surface area contributed by atoms with Gasteiger partial charge in [-0.1, -0.05) is 31.0 Å². The topological polar surface area (TPSA) is 12.5 Å². The Bertz CT molecular complexity index is 291. The number of rotatable bonds is 5. The summed E-state index contributed by atoms with van der Waals surface area (Å²) >= 11 is 0. The molecule has 2 nitrogen and oxygen atoms in total. The predicted octanol–water partition coefficient (Wildman–Crippen LogP) is 3.33. The molecule has 0 aliphatic carbocycles. The molecular formula is C15H23NO. The number of likely N-dealkylation sites (tertiary alicyclic amines) is 1. The maximum atomic E-state index is 5.70. The second kappa shape index (κ2) is 7.33. The molecular weight excluding hydrogens is 210 g/mol. The fourth-order valence-electron chi connectivity index (χ4n) is 2.35. The zero-order valence-electron chi connectivity index (χ0n) is 10.6. The van der Waals surface area contributed by atoms with E-state index < -0.39 is 0 Å². The van der Waals surface area contributed by atoms with Gasteiger partial charge in [0.2, 0.25) is 0 Å². The minimum Gasteiger partial charge on any atom is -0.494 e. The summed E-state index contributed by atoms with van der Waals surface area (Å²) < 4.78 is 5.70. The van der Waals surface area contributed by atoms with Gasteiger partial charge in [0, 0.05) is 6.54 Å². The summed E-state index contributed by atoms with van der Waals surface area (Å²) in [6.45, 7) is 4.59. The van der Waals surface area contributed by atoms with Gasteiger partial charge in [0.1, 0.15) is 5.75 Å². The van der Waals surface area contributed by atoms with E-state index in [1.165, 1.54) is 45.3 Å². The van der Waals surface area contributed by atoms with Gasteiger partial charge in [0.15, 0.2) is 0 Å². The van der Waals surface area contributed by atoms with E-state index in [0.29, 0.717) is 0 Å². The Balaban J connectivity index is 1.59. The summed E-state index contributed by atoms with van der Waals surface area (Å²) in [6, 6.07) is 10.1. The highest BCUT2D eigenvalue weighted by molar-refractivity contribution is 5.20. The molecule has 0 N–H and O–H groups in total. The monoisotopic (exact) mass is 233 g/mol. The first-order chi connectivity index (χ1) is 8.45. The van der Waals surface area contributed by atoms with Crippen molar-refractivity contribution in [3.63, 3.8) is 0 Å². The molecule has 0 amide bonds. The average molecular weight is 233 g/mol. The standard InChI is InChI=1S/C15H23NO/c1-2-7-12-16(11-6-1)13-8-14-17-15-9-4-3-5-10-15/h3-5,9-10H,1-2,6-8,11-14H2. The van der Waals surface area contributed by atoms with Crippen LogP contribution in [0.2, 0.25) is 0 Å². The Morgan fingerprint density at radius 2 is 1.65 bits per heavy atom. The van der Waals surface area contributed by atoms with Crippen LogP contribution in [0.3, 0.4) is 0 Å². The van der Waals surface area contributed by atoms with E-state index in [1.54, 1.807) is 0 Å². The highest BCUT2D eigenvalue weighted by Crippen LogP contribution is 2.11. The third kappa shape index (κ3) is 4.78. The Morgan fingerprint density at radius 1 is 0.941 bits per heavy atom. The van der Waals surface area contributed by atoms with Gasteiger partial charge >= 0.3 is 0 Å². The summed E-state index contributed by atoms with van der Waals surface area (Å²) in [7, 11) is 0. The molecule has 0 aromatic heterocycles. The summed E-state index contributed by atoms with van der Waals surface area (Å²) in [4.78, 5) is 2.58. The van der Waals surface area contributed by atoms with Gasteiger partial charge in [0.25, 0.3) is 0 Å². The van der Waals surface area contributed by atoms with E-state index in [4.69, 9.17) is 4.74 Å². The van der Waals surface area contributed by atoms with Crippen molar-refractivity contribution in [1.29, 1.82) is 0 Å². The van der Waals surface area contributed by atoms with Crippen LogP contribution in [-0.4, -0.2) is 31.1 Å². The molecule has 1 heterocycles. The van der Waals surface area contributed by atoms with Crippen LogP contribution in [0, 0.1) is 0 Å². The molecule has 17 heavy (non-hydrogen) atoms. The van der Waals surface area contributed by atoms with Crippen molar-refractivity contribution in [2.45, 2.75) is 32.1 Å². The van der Waals surface area contributed by atoms with Crippen molar-refractivity contribution in [3.8, 4) is 5.75 Å². The lowest BCUT2D eigenvalue weighted by Gasteiger charge is -2.19. The van der Waals surface area contributed by atoms with Crippen LogP contribution in [0.25, 0.3) is 0 Å². The molecule has 2 rings (SSSR count). The second-order valence-corrected chi connectivity index (χ2v) is 4.77. The highest BCUT2D eigenvalue weighted by atomic mass is 16.5. The van der Waals surface area contributed by atoms with E-state index in [0.717, 1.165) is 18.8 Å².